The van der Waals surface area contributed by atoms with Crippen molar-refractivity contribution in [3.05, 3.63) is 76.6 Å². The smallest absolute Gasteiger partial charge is 0.273 e. The maximum absolute atomic E-state index is 12.7. The number of hydrogen-bond donors (Lipinski definition) is 1. The molecule has 3 rings (SSSR count). The lowest BCUT2D eigenvalue weighted by molar-refractivity contribution is 0.0816. The summed E-state index contributed by atoms with van der Waals surface area (Å²) >= 11 is 0. The van der Waals surface area contributed by atoms with Crippen LogP contribution in [0.5, 0.6) is 5.75 Å². The van der Waals surface area contributed by atoms with Crippen molar-refractivity contribution in [1.29, 1.82) is 0 Å². The second-order valence-electron chi connectivity index (χ2n) is 7.58. The molecule has 1 N–H and O–H groups in total. The van der Waals surface area contributed by atoms with Gasteiger partial charge in [-0.25, -0.2) is 0 Å². The van der Waals surface area contributed by atoms with Crippen molar-refractivity contribution in [2.24, 2.45) is 0 Å². The first kappa shape index (κ1) is 22.1. The topological polar surface area (TPSA) is 76.5 Å². The van der Waals surface area contributed by atoms with Crippen molar-refractivity contribution in [2.45, 2.75) is 33.9 Å². The molecule has 0 aliphatic heterocycles. The number of anilines is 1. The van der Waals surface area contributed by atoms with Crippen LogP contribution >= 0.6 is 0 Å². The van der Waals surface area contributed by atoms with E-state index in [2.05, 4.69) is 10.4 Å². The monoisotopic (exact) mass is 420 g/mol. The van der Waals surface area contributed by atoms with Crippen molar-refractivity contribution >= 4 is 17.5 Å². The highest BCUT2D eigenvalue weighted by molar-refractivity contribution is 6.08. The summed E-state index contributed by atoms with van der Waals surface area (Å²) in [5.41, 5.74) is 4.38. The molecule has 0 bridgehead atoms. The Kier molecular flexibility index (Phi) is 6.74. The lowest BCUT2D eigenvalue weighted by atomic mass is 10.1. The van der Waals surface area contributed by atoms with E-state index in [1.54, 1.807) is 30.9 Å². The summed E-state index contributed by atoms with van der Waals surface area (Å²) < 4.78 is 7.55. The van der Waals surface area contributed by atoms with Gasteiger partial charge in [0.1, 0.15) is 18.1 Å². The first-order chi connectivity index (χ1) is 14.8. The molecule has 0 aliphatic carbocycles. The molecule has 0 spiro atoms. The minimum atomic E-state index is -0.300. The second kappa shape index (κ2) is 9.47. The summed E-state index contributed by atoms with van der Waals surface area (Å²) in [5.74, 6) is 0.370. The molecule has 0 fully saturated rings. The third-order valence-electron chi connectivity index (χ3n) is 5.00. The van der Waals surface area contributed by atoms with Crippen molar-refractivity contribution in [3.8, 4) is 5.75 Å². The van der Waals surface area contributed by atoms with E-state index in [9.17, 15) is 9.59 Å². The molecular formula is C24H28N4O3. The molecule has 0 unspecified atom stereocenters. The number of benzene rings is 2. The minimum absolute atomic E-state index is 0.214. The Hall–Kier alpha value is -3.61. The molecule has 1 aromatic heterocycles. The van der Waals surface area contributed by atoms with E-state index < -0.39 is 0 Å². The number of para-hydroxylation sites is 1. The van der Waals surface area contributed by atoms with Crippen LogP contribution in [0.1, 0.15) is 44.5 Å². The molecule has 3 aromatic rings. The van der Waals surface area contributed by atoms with Crippen LogP contribution in [0.25, 0.3) is 0 Å². The molecule has 0 saturated heterocycles. The van der Waals surface area contributed by atoms with Crippen molar-refractivity contribution in [3.63, 3.8) is 0 Å². The number of carbonyl (C=O) groups excluding carboxylic acids is 2. The lowest BCUT2D eigenvalue weighted by Crippen LogP contribution is -2.26. The SMILES string of the molecule is CCn1ncc(NC(=O)c2ccc(COc3c(C)cccc3C)cc2)c1C(=O)N(C)C. The van der Waals surface area contributed by atoms with Crippen molar-refractivity contribution in [1.82, 2.24) is 14.7 Å². The number of aromatic nitrogens is 2. The van der Waals surface area contributed by atoms with Crippen LogP contribution in [0.2, 0.25) is 0 Å². The van der Waals surface area contributed by atoms with E-state index in [0.717, 1.165) is 22.4 Å². The molecule has 7 nitrogen and oxygen atoms in total. The molecule has 0 atom stereocenters. The first-order valence-electron chi connectivity index (χ1n) is 10.2. The quantitative estimate of drug-likeness (QED) is 0.626. The maximum Gasteiger partial charge on any atom is 0.273 e. The minimum Gasteiger partial charge on any atom is -0.488 e. The number of nitrogens with one attached hydrogen (secondary N) is 1. The fourth-order valence-electron chi connectivity index (χ4n) is 3.28. The predicted octanol–water partition coefficient (Wildman–Crippen LogP) is 4.05. The number of hydrogen-bond acceptors (Lipinski definition) is 4. The van der Waals surface area contributed by atoms with Gasteiger partial charge in [0.2, 0.25) is 0 Å². The van der Waals surface area contributed by atoms with Crippen molar-refractivity contribution in [2.75, 3.05) is 19.4 Å². The van der Waals surface area contributed by atoms with Crippen molar-refractivity contribution < 1.29 is 14.3 Å². The number of nitrogens with zero attached hydrogens (tertiary/aromatic N) is 3. The van der Waals surface area contributed by atoms with Gasteiger partial charge in [0.25, 0.3) is 11.8 Å². The molecule has 0 radical (unpaired) electrons. The highest BCUT2D eigenvalue weighted by Gasteiger charge is 2.21. The largest absolute Gasteiger partial charge is 0.488 e. The van der Waals surface area contributed by atoms with Gasteiger partial charge in [0, 0.05) is 26.2 Å². The van der Waals surface area contributed by atoms with Crippen LogP contribution in [0, 0.1) is 13.8 Å². The lowest BCUT2D eigenvalue weighted by Gasteiger charge is -2.14. The van der Waals surface area contributed by atoms with E-state index in [-0.39, 0.29) is 11.8 Å². The van der Waals surface area contributed by atoms with E-state index in [1.165, 1.54) is 11.1 Å². The number of amides is 2. The van der Waals surface area contributed by atoms with Crippen LogP contribution in [-0.2, 0) is 13.2 Å². The summed E-state index contributed by atoms with van der Waals surface area (Å²) in [6.45, 7) is 6.87. The average molecular weight is 421 g/mol. The highest BCUT2D eigenvalue weighted by atomic mass is 16.5. The van der Waals surface area contributed by atoms with Gasteiger partial charge in [-0.3, -0.25) is 14.3 Å². The normalized spacial score (nSPS) is 10.6. The molecule has 2 amide bonds. The molecule has 2 aromatic carbocycles. The third kappa shape index (κ3) is 4.94. The van der Waals surface area contributed by atoms with Gasteiger partial charge < -0.3 is 15.0 Å². The van der Waals surface area contributed by atoms with E-state index >= 15 is 0 Å². The zero-order valence-electron chi connectivity index (χ0n) is 18.6. The van der Waals surface area contributed by atoms with Crippen LogP contribution in [0.4, 0.5) is 5.69 Å². The number of ether oxygens (including phenoxy) is 1. The Bertz CT molecular complexity index is 1060. The zero-order valence-corrected chi connectivity index (χ0v) is 18.6. The van der Waals surface area contributed by atoms with Gasteiger partial charge in [0.05, 0.1) is 11.9 Å². The van der Waals surface area contributed by atoms with E-state index in [0.29, 0.717) is 30.1 Å². The highest BCUT2D eigenvalue weighted by Crippen LogP contribution is 2.23. The number of carbonyl (C=O) groups is 2. The van der Waals surface area contributed by atoms with Crippen LogP contribution in [0.3, 0.4) is 0 Å². The van der Waals surface area contributed by atoms with Gasteiger partial charge in [-0.1, -0.05) is 30.3 Å². The summed E-state index contributed by atoms with van der Waals surface area (Å²) in [6, 6.07) is 13.3. The van der Waals surface area contributed by atoms with E-state index in [1.807, 2.05) is 51.1 Å². The van der Waals surface area contributed by atoms with Crippen LogP contribution in [0.15, 0.2) is 48.7 Å². The summed E-state index contributed by atoms with van der Waals surface area (Å²) in [5, 5.41) is 7.01. The van der Waals surface area contributed by atoms with E-state index in [4.69, 9.17) is 4.74 Å². The average Bonchev–Trinajstić information content (AvgIpc) is 3.15. The Morgan fingerprint density at radius 1 is 1.06 bits per heavy atom. The Morgan fingerprint density at radius 2 is 1.71 bits per heavy atom. The standard InChI is InChI=1S/C24H28N4O3/c1-6-28-21(24(30)27(4)5)20(14-25-28)26-23(29)19-12-10-18(11-13-19)15-31-22-16(2)8-7-9-17(22)3/h7-14H,6,15H2,1-5H3,(H,26,29). The number of rotatable bonds is 7. The second-order valence-corrected chi connectivity index (χ2v) is 7.58. The summed E-state index contributed by atoms with van der Waals surface area (Å²) in [7, 11) is 3.33. The maximum atomic E-state index is 12.7. The van der Waals surface area contributed by atoms with Gasteiger partial charge >= 0.3 is 0 Å². The zero-order chi connectivity index (χ0) is 22.5. The van der Waals surface area contributed by atoms with Gasteiger partial charge in [-0.15, -0.1) is 0 Å². The third-order valence-corrected chi connectivity index (χ3v) is 5.00. The molecule has 162 valence electrons. The summed E-state index contributed by atoms with van der Waals surface area (Å²) in [6.07, 6.45) is 1.50. The Morgan fingerprint density at radius 3 is 2.29 bits per heavy atom. The Balaban J connectivity index is 1.70. The van der Waals surface area contributed by atoms with Crippen LogP contribution in [-0.4, -0.2) is 40.6 Å². The molecule has 0 saturated carbocycles. The first-order valence-corrected chi connectivity index (χ1v) is 10.2. The van der Waals surface area contributed by atoms with Gasteiger partial charge in [-0.2, -0.15) is 5.10 Å². The molecule has 31 heavy (non-hydrogen) atoms. The summed E-state index contributed by atoms with van der Waals surface area (Å²) in [4.78, 5) is 26.7. The number of aryl methyl sites for hydroxylation is 3. The molecule has 0 aliphatic rings. The molecule has 7 heteroatoms. The van der Waals surface area contributed by atoms with Gasteiger partial charge in [0.15, 0.2) is 0 Å². The predicted molar refractivity (Wildman–Crippen MR) is 121 cm³/mol. The molecular weight excluding hydrogens is 392 g/mol. The molecule has 1 heterocycles. The van der Waals surface area contributed by atoms with Gasteiger partial charge in [-0.05, 0) is 49.6 Å². The fraction of sp³-hybridized carbons (Fsp3) is 0.292. The Labute approximate surface area is 182 Å². The fourth-order valence-corrected chi connectivity index (χ4v) is 3.28. The van der Waals surface area contributed by atoms with Crippen LogP contribution < -0.4 is 10.1 Å².